The monoisotopic (exact) mass is 241 g/mol. The minimum Gasteiger partial charge on any atom is -0.310 e. The zero-order valence-electron chi connectivity index (χ0n) is 10.9. The topological polar surface area (TPSA) is 29.1 Å². The van der Waals surface area contributed by atoms with Gasteiger partial charge < -0.3 is 5.32 Å². The van der Waals surface area contributed by atoms with Crippen molar-refractivity contribution in [3.63, 3.8) is 0 Å². The Bertz CT molecular complexity index is 548. The van der Waals surface area contributed by atoms with E-state index >= 15 is 0 Å². The summed E-state index contributed by atoms with van der Waals surface area (Å²) in [5, 5.41) is 5.57. The Morgan fingerprint density at radius 1 is 1.17 bits per heavy atom. The van der Waals surface area contributed by atoms with Crippen LogP contribution in [0.25, 0.3) is 10.8 Å². The van der Waals surface area contributed by atoms with Crippen molar-refractivity contribution in [3.05, 3.63) is 48.0 Å². The molecule has 0 heterocycles. The number of nitrogens with one attached hydrogen (secondary N) is 1. The summed E-state index contributed by atoms with van der Waals surface area (Å²) in [7, 11) is 1.85. The molecular formula is C16H19NO. The van der Waals surface area contributed by atoms with E-state index in [0.717, 1.165) is 6.42 Å². The average Bonchev–Trinajstić information content (AvgIpc) is 2.43. The Kier molecular flexibility index (Phi) is 4.11. The quantitative estimate of drug-likeness (QED) is 0.872. The normalized spacial score (nSPS) is 12.6. The second-order valence-electron chi connectivity index (χ2n) is 4.55. The lowest BCUT2D eigenvalue weighted by molar-refractivity contribution is -0.120. The number of carbonyl (C=O) groups is 1. The molecule has 2 rings (SSSR count). The van der Waals surface area contributed by atoms with Crippen LogP contribution in [0.15, 0.2) is 42.5 Å². The second kappa shape index (κ2) is 5.78. The molecule has 2 aromatic rings. The van der Waals surface area contributed by atoms with Crippen molar-refractivity contribution in [2.45, 2.75) is 25.8 Å². The fourth-order valence-electron chi connectivity index (χ4n) is 2.22. The molecule has 0 amide bonds. The first-order valence-electron chi connectivity index (χ1n) is 6.42. The molecule has 94 valence electrons. The van der Waals surface area contributed by atoms with Crippen molar-refractivity contribution in [2.24, 2.45) is 0 Å². The number of benzene rings is 2. The van der Waals surface area contributed by atoms with Crippen LogP contribution >= 0.6 is 0 Å². The van der Waals surface area contributed by atoms with E-state index in [4.69, 9.17) is 0 Å². The highest BCUT2D eigenvalue weighted by Crippen LogP contribution is 2.17. The van der Waals surface area contributed by atoms with Crippen molar-refractivity contribution in [1.82, 2.24) is 5.32 Å². The van der Waals surface area contributed by atoms with Crippen molar-refractivity contribution >= 4 is 16.6 Å². The lowest BCUT2D eigenvalue weighted by Crippen LogP contribution is -2.35. The van der Waals surface area contributed by atoms with E-state index in [1.54, 1.807) is 0 Å². The zero-order valence-corrected chi connectivity index (χ0v) is 10.9. The Hall–Kier alpha value is -1.67. The molecule has 1 N–H and O–H groups in total. The fourth-order valence-corrected chi connectivity index (χ4v) is 2.22. The number of hydrogen-bond donors (Lipinski definition) is 1. The number of rotatable bonds is 5. The van der Waals surface area contributed by atoms with Gasteiger partial charge in [0.1, 0.15) is 5.78 Å². The summed E-state index contributed by atoms with van der Waals surface area (Å²) in [6.07, 6.45) is 1.34. The van der Waals surface area contributed by atoms with Crippen molar-refractivity contribution in [1.29, 1.82) is 0 Å². The Labute approximate surface area is 108 Å². The van der Waals surface area contributed by atoms with Crippen LogP contribution in [0.4, 0.5) is 0 Å². The lowest BCUT2D eigenvalue weighted by Gasteiger charge is -2.14. The zero-order chi connectivity index (χ0) is 13.0. The van der Waals surface area contributed by atoms with Gasteiger partial charge >= 0.3 is 0 Å². The molecule has 0 unspecified atom stereocenters. The Balaban J connectivity index is 2.23. The maximum atomic E-state index is 11.7. The van der Waals surface area contributed by atoms with Gasteiger partial charge in [0.15, 0.2) is 0 Å². The lowest BCUT2D eigenvalue weighted by atomic mass is 9.99. The van der Waals surface area contributed by atoms with Crippen molar-refractivity contribution in [3.8, 4) is 0 Å². The summed E-state index contributed by atoms with van der Waals surface area (Å²) in [5.74, 6) is 0.269. The van der Waals surface area contributed by atoms with Crippen LogP contribution < -0.4 is 5.32 Å². The molecule has 18 heavy (non-hydrogen) atoms. The predicted octanol–water partition coefficient (Wildman–Crippen LogP) is 2.95. The van der Waals surface area contributed by atoms with E-state index < -0.39 is 0 Å². The average molecular weight is 241 g/mol. The highest BCUT2D eigenvalue weighted by Gasteiger charge is 2.14. The second-order valence-corrected chi connectivity index (χ2v) is 4.55. The summed E-state index contributed by atoms with van der Waals surface area (Å²) in [6.45, 7) is 1.91. The van der Waals surface area contributed by atoms with E-state index in [9.17, 15) is 4.79 Å². The molecule has 2 nitrogen and oxygen atoms in total. The van der Waals surface area contributed by atoms with Gasteiger partial charge in [-0.2, -0.15) is 0 Å². The third-order valence-corrected chi connectivity index (χ3v) is 3.34. The molecule has 2 aromatic carbocycles. The van der Waals surface area contributed by atoms with Gasteiger partial charge in [-0.1, -0.05) is 49.4 Å². The van der Waals surface area contributed by atoms with Crippen LogP contribution in [0.5, 0.6) is 0 Å². The highest BCUT2D eigenvalue weighted by molar-refractivity contribution is 5.85. The van der Waals surface area contributed by atoms with E-state index in [1.165, 1.54) is 16.3 Å². The number of likely N-dealkylation sites (N-methyl/N-ethyl adjacent to an activating group) is 1. The number of Topliss-reactive ketones (excluding diaryl/α,β-unsaturated/α-hetero) is 1. The fraction of sp³-hybridized carbons (Fsp3) is 0.312. The van der Waals surface area contributed by atoms with Gasteiger partial charge in [-0.15, -0.1) is 0 Å². The maximum absolute atomic E-state index is 11.7. The van der Waals surface area contributed by atoms with Gasteiger partial charge in [0.2, 0.25) is 0 Å². The third kappa shape index (κ3) is 2.77. The van der Waals surface area contributed by atoms with Gasteiger partial charge in [0.05, 0.1) is 6.04 Å². The predicted molar refractivity (Wildman–Crippen MR) is 75.8 cm³/mol. The minimum atomic E-state index is -0.0730. The largest absolute Gasteiger partial charge is 0.310 e. The molecule has 0 aromatic heterocycles. The van der Waals surface area contributed by atoms with Gasteiger partial charge in [0, 0.05) is 6.42 Å². The Morgan fingerprint density at radius 2 is 1.89 bits per heavy atom. The molecule has 0 saturated carbocycles. The number of hydrogen-bond acceptors (Lipinski definition) is 2. The summed E-state index contributed by atoms with van der Waals surface area (Å²) in [4.78, 5) is 11.7. The van der Waals surface area contributed by atoms with Crippen LogP contribution in [0, 0.1) is 0 Å². The van der Waals surface area contributed by atoms with Gasteiger partial charge in [-0.25, -0.2) is 0 Å². The van der Waals surface area contributed by atoms with Crippen LogP contribution in [-0.2, 0) is 11.2 Å². The number of fused-ring (bicyclic) bond motifs is 1. The summed E-state index contributed by atoms with van der Waals surface area (Å²) < 4.78 is 0. The van der Waals surface area contributed by atoms with Crippen LogP contribution in [-0.4, -0.2) is 18.9 Å². The molecule has 2 heteroatoms. The van der Waals surface area contributed by atoms with Gasteiger partial charge in [0.25, 0.3) is 0 Å². The van der Waals surface area contributed by atoms with E-state index in [-0.39, 0.29) is 11.8 Å². The first-order chi connectivity index (χ1) is 8.74. The molecule has 0 radical (unpaired) electrons. The van der Waals surface area contributed by atoms with E-state index in [2.05, 4.69) is 35.6 Å². The molecule has 0 aliphatic carbocycles. The van der Waals surface area contributed by atoms with Crippen molar-refractivity contribution < 1.29 is 4.79 Å². The molecular weight excluding hydrogens is 222 g/mol. The molecule has 0 saturated heterocycles. The van der Waals surface area contributed by atoms with Gasteiger partial charge in [-0.05, 0) is 29.8 Å². The first kappa shape index (κ1) is 12.8. The van der Waals surface area contributed by atoms with Crippen LogP contribution in [0.2, 0.25) is 0 Å². The Morgan fingerprint density at radius 3 is 2.56 bits per heavy atom. The molecule has 0 aliphatic rings. The number of carbonyl (C=O) groups excluding carboxylic acids is 1. The standard InChI is InChI=1S/C16H19NO/c1-3-16(18)15(17-2)11-12-8-9-13-6-4-5-7-14(13)10-12/h4-10,15,17H,3,11H2,1-2H3/t15-/m0/s1. The maximum Gasteiger partial charge on any atom is 0.149 e. The molecule has 0 fully saturated rings. The van der Waals surface area contributed by atoms with E-state index in [1.807, 2.05) is 26.1 Å². The highest BCUT2D eigenvalue weighted by atomic mass is 16.1. The third-order valence-electron chi connectivity index (χ3n) is 3.34. The summed E-state index contributed by atoms with van der Waals surface area (Å²) in [6, 6.07) is 14.6. The van der Waals surface area contributed by atoms with Crippen LogP contribution in [0.1, 0.15) is 18.9 Å². The molecule has 0 spiro atoms. The van der Waals surface area contributed by atoms with Gasteiger partial charge in [-0.3, -0.25) is 4.79 Å². The first-order valence-corrected chi connectivity index (χ1v) is 6.42. The molecule has 0 aliphatic heterocycles. The van der Waals surface area contributed by atoms with E-state index in [0.29, 0.717) is 6.42 Å². The SMILES string of the molecule is CCC(=O)[C@H](Cc1ccc2ccccc2c1)NC. The number of ketones is 1. The molecule has 0 bridgehead atoms. The smallest absolute Gasteiger partial charge is 0.149 e. The summed E-state index contributed by atoms with van der Waals surface area (Å²) >= 11 is 0. The minimum absolute atomic E-state index is 0.0730. The van der Waals surface area contributed by atoms with Crippen molar-refractivity contribution in [2.75, 3.05) is 7.05 Å². The molecule has 1 atom stereocenters. The summed E-state index contributed by atoms with van der Waals surface area (Å²) in [5.41, 5.74) is 1.20. The van der Waals surface area contributed by atoms with Crippen LogP contribution in [0.3, 0.4) is 0 Å².